The van der Waals surface area contributed by atoms with Crippen LogP contribution in [-0.2, 0) is 9.63 Å². The van der Waals surface area contributed by atoms with Gasteiger partial charge in [0.25, 0.3) is 0 Å². The van der Waals surface area contributed by atoms with Crippen LogP contribution in [0.5, 0.6) is 0 Å². The minimum Gasteiger partial charge on any atom is -0.318 e. The fourth-order valence-electron chi connectivity index (χ4n) is 2.07. The number of nitrogens with one attached hydrogen (secondary N) is 1. The van der Waals surface area contributed by atoms with Gasteiger partial charge in [0.2, 0.25) is 0 Å². The number of halogens is 5. The molecule has 0 fully saturated rings. The van der Waals surface area contributed by atoms with Gasteiger partial charge in [0, 0.05) is 54.0 Å². The van der Waals surface area contributed by atoms with E-state index in [0.717, 1.165) is 15.3 Å². The lowest BCUT2D eigenvalue weighted by atomic mass is 10.3. The number of fused-ring (bicyclic) bond motifs is 2. The topological polar surface area (TPSA) is 65.0 Å². The molecule has 2 aromatic rings. The molecule has 0 spiro atoms. The normalized spacial score (nSPS) is 14.2. The predicted molar refractivity (Wildman–Crippen MR) is 107 cm³/mol. The van der Waals surface area contributed by atoms with E-state index in [9.17, 15) is 23.2 Å². The molecular weight excluding hydrogens is 581 g/mol. The standard InChI is InChI=1S/C15H12F3I2N3O3/c1-26-23-13-5-3-2-4-12(13)22(25)19-11-8-9(6-7-10(11)20-23)21-14(24)15(16,17)18/h2-8,25H,1H3,(H,21,24). The van der Waals surface area contributed by atoms with Crippen LogP contribution in [0.3, 0.4) is 0 Å². The van der Waals surface area contributed by atoms with Gasteiger partial charge in [-0.15, -0.1) is 0 Å². The van der Waals surface area contributed by atoms with Gasteiger partial charge in [0.1, 0.15) is 11.4 Å². The molecule has 26 heavy (non-hydrogen) atoms. The Bertz CT molecular complexity index is 969. The van der Waals surface area contributed by atoms with E-state index in [-0.39, 0.29) is 5.69 Å². The zero-order valence-electron chi connectivity index (χ0n) is 13.1. The maximum atomic E-state index is 12.4. The number of amides is 1. The van der Waals surface area contributed by atoms with Crippen molar-refractivity contribution in [1.82, 2.24) is 0 Å². The Morgan fingerprint density at radius 2 is 1.81 bits per heavy atom. The molecule has 0 saturated carbocycles. The Hall–Kier alpha value is -1.32. The van der Waals surface area contributed by atoms with Crippen LogP contribution in [0, 0.1) is 6.31 Å². The lowest BCUT2D eigenvalue weighted by molar-refractivity contribution is -0.167. The number of carbonyl (C=O) groups is 1. The molecule has 1 heterocycles. The Labute approximate surface area is 166 Å². The van der Waals surface area contributed by atoms with E-state index >= 15 is 0 Å². The second-order valence-electron chi connectivity index (χ2n) is 4.93. The zero-order valence-corrected chi connectivity index (χ0v) is 17.4. The SMILES string of the molecule is CON1I=c2ccc(NC(=O)C(F)(F)F)cc2=IN(O)c2ccccc21. The summed E-state index contributed by atoms with van der Waals surface area (Å²) in [7, 11) is 1.52. The number of hydrogen-bond acceptors (Lipinski definition) is 5. The van der Waals surface area contributed by atoms with E-state index in [2.05, 4.69) is 0 Å². The van der Waals surface area contributed by atoms with E-state index in [1.54, 1.807) is 21.5 Å². The van der Waals surface area contributed by atoms with Crippen LogP contribution in [0.2, 0.25) is 0 Å². The Morgan fingerprint density at radius 3 is 2.46 bits per heavy atom. The number of para-hydroxylation sites is 2. The van der Waals surface area contributed by atoms with Gasteiger partial charge in [-0.3, -0.25) is 14.8 Å². The number of anilines is 3. The van der Waals surface area contributed by atoms with Gasteiger partial charge in [-0.05, 0) is 30.3 Å². The third-order valence-electron chi connectivity index (χ3n) is 3.20. The molecule has 0 bridgehead atoms. The molecule has 1 aliphatic heterocycles. The predicted octanol–water partition coefficient (Wildman–Crippen LogP) is 4.74. The van der Waals surface area contributed by atoms with Gasteiger partial charge in [-0.25, -0.2) is 0 Å². The third-order valence-corrected chi connectivity index (χ3v) is 9.44. The highest BCUT2D eigenvalue weighted by molar-refractivity contribution is 14.2. The summed E-state index contributed by atoms with van der Waals surface area (Å²) in [5.74, 6) is -2.03. The summed E-state index contributed by atoms with van der Waals surface area (Å²) in [6, 6.07) is 11.8. The van der Waals surface area contributed by atoms with Gasteiger partial charge in [-0.1, -0.05) is 12.1 Å². The van der Waals surface area contributed by atoms with Crippen molar-refractivity contribution in [1.29, 1.82) is 0 Å². The highest BCUT2D eigenvalue weighted by atomic mass is 127. The molecule has 0 aliphatic carbocycles. The first kappa shape index (κ1) is 19.4. The number of hydrogen-bond donors (Lipinski definition) is 2. The largest absolute Gasteiger partial charge is 0.471 e. The summed E-state index contributed by atoms with van der Waals surface area (Å²) in [6.45, 7) is 0. The Balaban J connectivity index is 2.10. The van der Waals surface area contributed by atoms with E-state index in [4.69, 9.17) is 4.84 Å². The third kappa shape index (κ3) is 4.15. The molecule has 0 saturated heterocycles. The fraction of sp³-hybridized carbons (Fsp3) is 0.133. The average Bonchev–Trinajstić information content (AvgIpc) is 2.59. The van der Waals surface area contributed by atoms with Crippen molar-refractivity contribution >= 4 is 65.0 Å². The minimum absolute atomic E-state index is 0.0426. The molecule has 3 rings (SSSR count). The number of rotatable bonds is 2. The molecule has 1 amide bonds. The molecule has 0 atom stereocenters. The molecular formula is C15H12F3I2N3O3. The second-order valence-corrected chi connectivity index (χ2v) is 10.0. The molecule has 6 nitrogen and oxygen atoms in total. The zero-order chi connectivity index (χ0) is 18.9. The van der Waals surface area contributed by atoms with Crippen LogP contribution < -0.4 is 11.9 Å². The van der Waals surface area contributed by atoms with Crippen LogP contribution in [0.1, 0.15) is 0 Å². The highest BCUT2D eigenvalue weighted by Gasteiger charge is 2.38. The summed E-state index contributed by atoms with van der Waals surface area (Å²) in [5, 5.41) is 12.3. The summed E-state index contributed by atoms with van der Waals surface area (Å²) in [6.07, 6.45) is -4.96. The minimum atomic E-state index is -4.96. The number of nitrogens with zero attached hydrogens (tertiary/aromatic N) is 2. The molecule has 0 unspecified atom stereocenters. The lowest BCUT2D eigenvalue weighted by Gasteiger charge is -2.23. The van der Waals surface area contributed by atoms with Crippen molar-refractivity contribution in [2.75, 3.05) is 19.0 Å². The van der Waals surface area contributed by atoms with Gasteiger partial charge in [-0.2, -0.15) is 19.7 Å². The average molecular weight is 593 g/mol. The Morgan fingerprint density at radius 1 is 1.12 bits per heavy atom. The molecule has 1 aliphatic rings. The van der Waals surface area contributed by atoms with E-state index in [0.29, 0.717) is 5.69 Å². The number of benzene rings is 2. The summed E-state index contributed by atoms with van der Waals surface area (Å²) >= 11 is -1.91. The first-order chi connectivity index (χ1) is 12.3. The smallest absolute Gasteiger partial charge is 0.318 e. The monoisotopic (exact) mass is 593 g/mol. The van der Waals surface area contributed by atoms with Gasteiger partial charge < -0.3 is 5.32 Å². The van der Waals surface area contributed by atoms with Crippen molar-refractivity contribution in [3.8, 4) is 0 Å². The van der Waals surface area contributed by atoms with Crippen molar-refractivity contribution in [3.05, 3.63) is 48.8 Å². The maximum Gasteiger partial charge on any atom is 0.471 e. The van der Waals surface area contributed by atoms with Crippen LogP contribution in [0.25, 0.3) is 0 Å². The second kappa shape index (κ2) is 7.74. The first-order valence-electron chi connectivity index (χ1n) is 7.04. The molecule has 140 valence electrons. The van der Waals surface area contributed by atoms with Gasteiger partial charge >= 0.3 is 12.1 Å². The van der Waals surface area contributed by atoms with Crippen molar-refractivity contribution in [2.45, 2.75) is 6.18 Å². The molecule has 0 radical (unpaired) electrons. The lowest BCUT2D eigenvalue weighted by Crippen LogP contribution is -2.29. The van der Waals surface area contributed by atoms with Gasteiger partial charge in [0.05, 0.1) is 7.11 Å². The van der Waals surface area contributed by atoms with Crippen molar-refractivity contribution < 1.29 is 28.0 Å². The first-order valence-corrected chi connectivity index (χ1v) is 11.1. The Kier molecular flexibility index (Phi) is 5.78. The van der Waals surface area contributed by atoms with Crippen LogP contribution in [0.15, 0.2) is 42.5 Å². The fourth-order valence-corrected chi connectivity index (χ4v) is 7.40. The summed E-state index contributed by atoms with van der Waals surface area (Å²) < 4.78 is 41.8. The van der Waals surface area contributed by atoms with E-state index in [1.165, 1.54) is 19.2 Å². The summed E-state index contributed by atoms with van der Waals surface area (Å²) in [4.78, 5) is 16.6. The van der Waals surface area contributed by atoms with E-state index in [1.807, 2.05) is 17.4 Å². The van der Waals surface area contributed by atoms with Crippen LogP contribution in [-0.4, -0.2) is 24.4 Å². The number of alkyl halides is 3. The summed E-state index contributed by atoms with van der Waals surface area (Å²) in [5.41, 5.74) is 1.34. The van der Waals surface area contributed by atoms with Crippen molar-refractivity contribution in [2.24, 2.45) is 0 Å². The van der Waals surface area contributed by atoms with Crippen LogP contribution >= 0.6 is 42.0 Å². The van der Waals surface area contributed by atoms with Gasteiger partial charge in [0.15, 0.2) is 0 Å². The maximum absolute atomic E-state index is 12.4. The van der Waals surface area contributed by atoms with E-state index < -0.39 is 54.1 Å². The molecule has 2 aromatic carbocycles. The molecule has 2 N–H and O–H groups in total. The number of carbonyl (C=O) groups excluding carboxylic acids is 1. The highest BCUT2D eigenvalue weighted by Crippen LogP contribution is 2.39. The van der Waals surface area contributed by atoms with Crippen LogP contribution in [0.4, 0.5) is 30.2 Å². The molecule has 0 aromatic heterocycles. The molecule has 11 heteroatoms. The quantitative estimate of drug-likeness (QED) is 0.390. The van der Waals surface area contributed by atoms with Crippen molar-refractivity contribution in [3.63, 3.8) is 0 Å².